The van der Waals surface area contributed by atoms with Gasteiger partial charge in [-0.05, 0) is 18.6 Å². The minimum absolute atomic E-state index is 0.136. The predicted molar refractivity (Wildman–Crippen MR) is 71.2 cm³/mol. The number of hydrogen-bond donors (Lipinski definition) is 0. The molecular weight excluding hydrogens is 343 g/mol. The largest absolute Gasteiger partial charge is 0.486 e. The van der Waals surface area contributed by atoms with Gasteiger partial charge in [-0.25, -0.2) is 0 Å². The van der Waals surface area contributed by atoms with Gasteiger partial charge in [0.15, 0.2) is 5.75 Å². The Balaban J connectivity index is 2.99. The Kier molecular flexibility index (Phi) is 5.79. The van der Waals surface area contributed by atoms with Crippen molar-refractivity contribution in [2.45, 2.75) is 19.5 Å². The van der Waals surface area contributed by atoms with Crippen LogP contribution < -0.4 is 4.74 Å². The molecule has 1 unspecified atom stereocenters. The van der Waals surface area contributed by atoms with Crippen LogP contribution >= 0.6 is 15.9 Å². The molecule has 4 nitrogen and oxygen atoms in total. The van der Waals surface area contributed by atoms with Crippen molar-refractivity contribution in [1.82, 2.24) is 0 Å². The first kappa shape index (κ1) is 16.7. The monoisotopic (exact) mass is 355 g/mol. The molecule has 1 rings (SSSR count). The molecule has 112 valence electrons. The van der Waals surface area contributed by atoms with E-state index in [9.17, 15) is 23.3 Å². The van der Waals surface area contributed by atoms with Crippen LogP contribution in [0.4, 0.5) is 18.9 Å². The Morgan fingerprint density at radius 3 is 2.55 bits per heavy atom. The fourth-order valence-corrected chi connectivity index (χ4v) is 2.08. The second-order valence-corrected chi connectivity index (χ2v) is 4.82. The summed E-state index contributed by atoms with van der Waals surface area (Å²) < 4.78 is 42.8. The SMILES string of the molecule is CCC(CBr)COc1ccc(C(F)(F)F)cc1[N+](=O)[O-]. The highest BCUT2D eigenvalue weighted by atomic mass is 79.9. The first-order chi connectivity index (χ1) is 9.29. The topological polar surface area (TPSA) is 52.4 Å². The van der Waals surface area contributed by atoms with E-state index >= 15 is 0 Å². The molecule has 0 radical (unpaired) electrons. The number of halogens is 4. The summed E-state index contributed by atoms with van der Waals surface area (Å²) in [5.41, 5.74) is -1.74. The van der Waals surface area contributed by atoms with Crippen molar-refractivity contribution < 1.29 is 22.8 Å². The minimum atomic E-state index is -4.62. The molecule has 1 aromatic rings. The Morgan fingerprint density at radius 1 is 1.45 bits per heavy atom. The van der Waals surface area contributed by atoms with Crippen molar-refractivity contribution in [3.8, 4) is 5.75 Å². The van der Waals surface area contributed by atoms with Crippen molar-refractivity contribution in [1.29, 1.82) is 0 Å². The van der Waals surface area contributed by atoms with Gasteiger partial charge in [-0.2, -0.15) is 13.2 Å². The van der Waals surface area contributed by atoms with Crippen LogP contribution in [0.2, 0.25) is 0 Å². The molecule has 20 heavy (non-hydrogen) atoms. The maximum Gasteiger partial charge on any atom is 0.416 e. The van der Waals surface area contributed by atoms with Crippen molar-refractivity contribution in [3.05, 3.63) is 33.9 Å². The lowest BCUT2D eigenvalue weighted by atomic mass is 10.1. The second-order valence-electron chi connectivity index (χ2n) is 4.18. The molecule has 0 saturated carbocycles. The fraction of sp³-hybridized carbons (Fsp3) is 0.500. The van der Waals surface area contributed by atoms with Gasteiger partial charge in [0, 0.05) is 17.3 Å². The fourth-order valence-electron chi connectivity index (χ4n) is 1.44. The van der Waals surface area contributed by atoms with Crippen LogP contribution in [-0.4, -0.2) is 16.9 Å². The van der Waals surface area contributed by atoms with E-state index < -0.39 is 22.4 Å². The van der Waals surface area contributed by atoms with Gasteiger partial charge >= 0.3 is 11.9 Å². The molecule has 8 heteroatoms. The van der Waals surface area contributed by atoms with Crippen LogP contribution in [0.25, 0.3) is 0 Å². The van der Waals surface area contributed by atoms with E-state index in [0.29, 0.717) is 11.4 Å². The number of nitro groups is 1. The Hall–Kier alpha value is -1.31. The number of ether oxygens (including phenoxy) is 1. The van der Waals surface area contributed by atoms with Crippen LogP contribution in [0.15, 0.2) is 18.2 Å². The van der Waals surface area contributed by atoms with Gasteiger partial charge in [-0.15, -0.1) is 0 Å². The first-order valence-corrected chi connectivity index (χ1v) is 6.96. The highest BCUT2D eigenvalue weighted by Crippen LogP contribution is 2.36. The lowest BCUT2D eigenvalue weighted by molar-refractivity contribution is -0.386. The van der Waals surface area contributed by atoms with E-state index in [2.05, 4.69) is 15.9 Å². The quantitative estimate of drug-likeness (QED) is 0.431. The van der Waals surface area contributed by atoms with Crippen LogP contribution in [0.3, 0.4) is 0 Å². The van der Waals surface area contributed by atoms with Crippen molar-refractivity contribution in [3.63, 3.8) is 0 Å². The lowest BCUT2D eigenvalue weighted by Gasteiger charge is -2.14. The third-order valence-corrected chi connectivity index (χ3v) is 3.67. The van der Waals surface area contributed by atoms with E-state index in [1.807, 2.05) is 6.92 Å². The predicted octanol–water partition coefficient (Wildman–Crippen LogP) is 4.41. The third-order valence-electron chi connectivity index (χ3n) is 2.75. The zero-order valence-electron chi connectivity index (χ0n) is 10.6. The standard InChI is InChI=1S/C12H13BrF3NO3/c1-2-8(6-13)7-20-11-4-3-9(12(14,15)16)5-10(11)17(18)19/h3-5,8H,2,6-7H2,1H3. The Labute approximate surface area is 122 Å². The maximum absolute atomic E-state index is 12.5. The first-order valence-electron chi connectivity index (χ1n) is 5.84. The van der Waals surface area contributed by atoms with E-state index in [4.69, 9.17) is 4.74 Å². The number of hydrogen-bond acceptors (Lipinski definition) is 3. The molecular formula is C12H13BrF3NO3. The Bertz CT molecular complexity index is 476. The summed E-state index contributed by atoms with van der Waals surface area (Å²) in [4.78, 5) is 9.96. The van der Waals surface area contributed by atoms with Crippen molar-refractivity contribution in [2.75, 3.05) is 11.9 Å². The number of benzene rings is 1. The molecule has 0 heterocycles. The number of alkyl halides is 4. The molecule has 0 aliphatic rings. The average Bonchev–Trinajstić information content (AvgIpc) is 2.38. The molecule has 0 bridgehead atoms. The molecule has 0 aliphatic heterocycles. The van der Waals surface area contributed by atoms with Crippen LogP contribution in [0.1, 0.15) is 18.9 Å². The molecule has 0 spiro atoms. The molecule has 0 aliphatic carbocycles. The van der Waals surface area contributed by atoms with E-state index in [1.54, 1.807) is 0 Å². The van der Waals surface area contributed by atoms with Gasteiger partial charge in [-0.3, -0.25) is 10.1 Å². The van der Waals surface area contributed by atoms with Crippen molar-refractivity contribution >= 4 is 21.6 Å². The van der Waals surface area contributed by atoms with Gasteiger partial charge in [-0.1, -0.05) is 22.9 Å². The molecule has 0 amide bonds. The normalized spacial score (nSPS) is 13.1. The number of nitro benzene ring substituents is 1. The summed E-state index contributed by atoms with van der Waals surface area (Å²) in [5, 5.41) is 11.5. The third kappa shape index (κ3) is 4.36. The van der Waals surface area contributed by atoms with Gasteiger partial charge in [0.1, 0.15) is 0 Å². The number of nitrogens with zero attached hydrogens (tertiary/aromatic N) is 1. The zero-order valence-corrected chi connectivity index (χ0v) is 12.2. The maximum atomic E-state index is 12.5. The number of rotatable bonds is 6. The van der Waals surface area contributed by atoms with Gasteiger partial charge in [0.2, 0.25) is 0 Å². The minimum Gasteiger partial charge on any atom is -0.486 e. The van der Waals surface area contributed by atoms with Gasteiger partial charge in [0.25, 0.3) is 0 Å². The highest BCUT2D eigenvalue weighted by Gasteiger charge is 2.33. The summed E-state index contributed by atoms with van der Waals surface area (Å²) in [5.74, 6) is -0.0145. The van der Waals surface area contributed by atoms with E-state index in [0.717, 1.165) is 18.6 Å². The van der Waals surface area contributed by atoms with Crippen LogP contribution in [0.5, 0.6) is 5.75 Å². The van der Waals surface area contributed by atoms with Crippen LogP contribution in [-0.2, 0) is 6.18 Å². The summed E-state index contributed by atoms with van der Waals surface area (Å²) in [6.07, 6.45) is -3.83. The highest BCUT2D eigenvalue weighted by molar-refractivity contribution is 9.09. The van der Waals surface area contributed by atoms with Crippen molar-refractivity contribution in [2.24, 2.45) is 5.92 Å². The second kappa shape index (κ2) is 6.92. The zero-order chi connectivity index (χ0) is 15.3. The molecule has 0 aromatic heterocycles. The molecule has 1 aromatic carbocycles. The summed E-state index contributed by atoms with van der Waals surface area (Å²) >= 11 is 3.27. The lowest BCUT2D eigenvalue weighted by Crippen LogP contribution is -2.13. The van der Waals surface area contributed by atoms with Gasteiger partial charge in [0.05, 0.1) is 17.1 Å². The summed E-state index contributed by atoms with van der Waals surface area (Å²) in [6, 6.07) is 2.25. The van der Waals surface area contributed by atoms with Gasteiger partial charge < -0.3 is 4.74 Å². The average molecular weight is 356 g/mol. The molecule has 0 saturated heterocycles. The molecule has 1 atom stereocenters. The molecule has 0 fully saturated rings. The van der Waals surface area contributed by atoms with E-state index in [1.165, 1.54) is 0 Å². The summed E-state index contributed by atoms with van der Waals surface area (Å²) in [7, 11) is 0. The van der Waals surface area contributed by atoms with Crippen LogP contribution in [0, 0.1) is 16.0 Å². The van der Waals surface area contributed by atoms with E-state index in [-0.39, 0.29) is 18.3 Å². The smallest absolute Gasteiger partial charge is 0.416 e. The molecule has 0 N–H and O–H groups in total. The Morgan fingerprint density at radius 2 is 2.10 bits per heavy atom. The summed E-state index contributed by atoms with van der Waals surface area (Å²) in [6.45, 7) is 2.13.